The van der Waals surface area contributed by atoms with E-state index >= 15 is 0 Å². The van der Waals surface area contributed by atoms with Crippen LogP contribution in [0.15, 0.2) is 77.1 Å². The van der Waals surface area contributed by atoms with Crippen LogP contribution in [-0.2, 0) is 11.3 Å². The number of hydrogen-bond donors (Lipinski definition) is 4. The second-order valence-corrected chi connectivity index (χ2v) is 9.08. The Hall–Kier alpha value is -4.08. The molecule has 2 aromatic rings. The highest BCUT2D eigenvalue weighted by Crippen LogP contribution is 2.30. The number of carbonyl (C=O) groups is 1. The first kappa shape index (κ1) is 26.0. The molecule has 4 rings (SSSR count). The average Bonchev–Trinajstić information content (AvgIpc) is 3.64. The van der Waals surface area contributed by atoms with Crippen LogP contribution in [0.4, 0.5) is 19.0 Å². The Labute approximate surface area is 212 Å². The molecule has 1 saturated carbocycles. The number of rotatable bonds is 9. The van der Waals surface area contributed by atoms with Gasteiger partial charge in [0.2, 0.25) is 0 Å². The Kier molecular flexibility index (Phi) is 7.66. The number of aromatic amines is 1. The fourth-order valence-corrected chi connectivity index (χ4v) is 3.88. The number of H-pyrrole nitrogens is 1. The van der Waals surface area contributed by atoms with E-state index in [1.807, 2.05) is 36.4 Å². The molecule has 7 nitrogen and oxygen atoms in total. The second kappa shape index (κ2) is 10.9. The molecule has 0 bridgehead atoms. The van der Waals surface area contributed by atoms with E-state index in [-0.39, 0.29) is 24.0 Å². The fourth-order valence-electron chi connectivity index (χ4n) is 3.88. The normalized spacial score (nSPS) is 18.1. The molecule has 37 heavy (non-hydrogen) atoms. The van der Waals surface area contributed by atoms with Crippen LogP contribution in [0.2, 0.25) is 0 Å². The number of nitrogen functional groups attached to an aromatic ring is 1. The van der Waals surface area contributed by atoms with Crippen molar-refractivity contribution in [3.63, 3.8) is 0 Å². The Morgan fingerprint density at radius 1 is 1.27 bits per heavy atom. The number of allylic oxidation sites excluding steroid dienone is 4. The lowest BCUT2D eigenvalue weighted by Gasteiger charge is -2.15. The summed E-state index contributed by atoms with van der Waals surface area (Å²) in [6, 6.07) is 7.81. The summed E-state index contributed by atoms with van der Waals surface area (Å²) in [5.41, 5.74) is 7.97. The number of halogens is 3. The van der Waals surface area contributed by atoms with Gasteiger partial charge in [0.1, 0.15) is 0 Å². The summed E-state index contributed by atoms with van der Waals surface area (Å²) in [6.45, 7) is 5.35. The molecule has 0 radical (unpaired) electrons. The summed E-state index contributed by atoms with van der Waals surface area (Å²) < 4.78 is 40.5. The highest BCUT2D eigenvalue weighted by atomic mass is 19.4. The monoisotopic (exact) mass is 510 g/mol. The minimum atomic E-state index is -4.56. The highest BCUT2D eigenvalue weighted by Gasteiger charge is 2.34. The van der Waals surface area contributed by atoms with E-state index in [4.69, 9.17) is 5.73 Å². The van der Waals surface area contributed by atoms with Crippen LogP contribution in [-0.4, -0.2) is 28.3 Å². The van der Waals surface area contributed by atoms with E-state index in [2.05, 4.69) is 32.4 Å². The molecular weight excluding hydrogens is 481 g/mol. The number of fused-ring (bicyclic) bond motifs is 1. The van der Waals surface area contributed by atoms with Crippen LogP contribution >= 0.6 is 0 Å². The van der Waals surface area contributed by atoms with Gasteiger partial charge in [0.25, 0.3) is 5.91 Å². The first-order chi connectivity index (χ1) is 17.7. The summed E-state index contributed by atoms with van der Waals surface area (Å²) >= 11 is 0. The third kappa shape index (κ3) is 6.58. The number of nitrogens with zero attached hydrogens (tertiary/aromatic N) is 2. The molecule has 1 fully saturated rings. The molecule has 0 saturated heterocycles. The summed E-state index contributed by atoms with van der Waals surface area (Å²) in [7, 11) is 0. The first-order valence-electron chi connectivity index (χ1n) is 11.9. The SMILES string of the molecule is C=CC/C(=C\C(C(=O)NC1CC1)=C(/C)NCc1ccc(C2C=CN=c3[nH]nc(N)c3=C2)cc1)C(F)(F)F. The Morgan fingerprint density at radius 3 is 2.65 bits per heavy atom. The van der Waals surface area contributed by atoms with Crippen LogP contribution < -0.4 is 27.1 Å². The molecule has 194 valence electrons. The lowest BCUT2D eigenvalue weighted by Crippen LogP contribution is -2.29. The van der Waals surface area contributed by atoms with Crippen molar-refractivity contribution in [3.8, 4) is 0 Å². The maximum absolute atomic E-state index is 13.5. The van der Waals surface area contributed by atoms with Gasteiger partial charge in [-0.15, -0.1) is 6.58 Å². The minimum Gasteiger partial charge on any atom is -0.384 e. The van der Waals surface area contributed by atoms with Crippen molar-refractivity contribution in [3.05, 3.63) is 93.9 Å². The summed E-state index contributed by atoms with van der Waals surface area (Å²) in [4.78, 5) is 17.1. The molecule has 1 unspecified atom stereocenters. The summed E-state index contributed by atoms with van der Waals surface area (Å²) in [6.07, 6.45) is 4.45. The average molecular weight is 511 g/mol. The number of carbonyl (C=O) groups excluding carboxylic acids is 1. The van der Waals surface area contributed by atoms with Gasteiger partial charge in [-0.1, -0.05) is 42.5 Å². The zero-order valence-corrected chi connectivity index (χ0v) is 20.4. The van der Waals surface area contributed by atoms with E-state index < -0.39 is 17.7 Å². The lowest BCUT2D eigenvalue weighted by molar-refractivity contribution is -0.117. The molecule has 1 aliphatic carbocycles. The van der Waals surface area contributed by atoms with E-state index in [0.29, 0.717) is 23.5 Å². The number of benzene rings is 1. The smallest absolute Gasteiger partial charge is 0.384 e. The Bertz CT molecular complexity index is 1380. The van der Waals surface area contributed by atoms with Crippen molar-refractivity contribution in [1.29, 1.82) is 0 Å². The van der Waals surface area contributed by atoms with Gasteiger partial charge < -0.3 is 16.4 Å². The van der Waals surface area contributed by atoms with Crippen molar-refractivity contribution in [1.82, 2.24) is 20.8 Å². The number of nitrogens with one attached hydrogen (secondary N) is 3. The molecule has 1 aromatic carbocycles. The molecule has 2 heterocycles. The number of hydrogen-bond acceptors (Lipinski definition) is 5. The molecular formula is C27H29F3N6O. The van der Waals surface area contributed by atoms with Gasteiger partial charge in [0, 0.05) is 36.0 Å². The fraction of sp³-hybridized carbons (Fsp3) is 0.296. The van der Waals surface area contributed by atoms with E-state index in [1.165, 1.54) is 6.08 Å². The number of amides is 1. The van der Waals surface area contributed by atoms with Crippen molar-refractivity contribution in [2.24, 2.45) is 4.99 Å². The lowest BCUT2D eigenvalue weighted by atomic mass is 9.97. The van der Waals surface area contributed by atoms with Crippen molar-refractivity contribution in [2.45, 2.75) is 50.9 Å². The first-order valence-corrected chi connectivity index (χ1v) is 11.9. The summed E-state index contributed by atoms with van der Waals surface area (Å²) in [5, 5.41) is 13.4. The van der Waals surface area contributed by atoms with Crippen LogP contribution in [0.1, 0.15) is 43.2 Å². The van der Waals surface area contributed by atoms with Crippen LogP contribution in [0.5, 0.6) is 0 Å². The number of anilines is 1. The van der Waals surface area contributed by atoms with Gasteiger partial charge in [-0.25, -0.2) is 4.99 Å². The zero-order valence-electron chi connectivity index (χ0n) is 20.4. The maximum Gasteiger partial charge on any atom is 0.413 e. The van der Waals surface area contributed by atoms with E-state index in [0.717, 1.165) is 35.3 Å². The van der Waals surface area contributed by atoms with Crippen LogP contribution in [0.3, 0.4) is 0 Å². The van der Waals surface area contributed by atoms with Crippen molar-refractivity contribution >= 4 is 17.8 Å². The van der Waals surface area contributed by atoms with Gasteiger partial charge in [0.05, 0.1) is 10.8 Å². The maximum atomic E-state index is 13.5. The van der Waals surface area contributed by atoms with Crippen LogP contribution in [0.25, 0.3) is 6.08 Å². The molecule has 1 amide bonds. The van der Waals surface area contributed by atoms with Gasteiger partial charge in [0.15, 0.2) is 11.3 Å². The molecule has 10 heteroatoms. The van der Waals surface area contributed by atoms with Gasteiger partial charge in [-0.2, -0.15) is 18.3 Å². The minimum absolute atomic E-state index is 0.0149. The predicted octanol–water partition coefficient (Wildman–Crippen LogP) is 3.41. The number of aromatic nitrogens is 2. The molecule has 1 aromatic heterocycles. The number of alkyl halides is 3. The summed E-state index contributed by atoms with van der Waals surface area (Å²) in [5.74, 6) is -0.192. The van der Waals surface area contributed by atoms with Gasteiger partial charge in [-0.05, 0) is 43.4 Å². The Balaban J connectivity index is 1.52. The molecule has 1 aliphatic heterocycles. The van der Waals surface area contributed by atoms with Gasteiger partial charge in [-0.3, -0.25) is 9.89 Å². The molecule has 5 N–H and O–H groups in total. The predicted molar refractivity (Wildman–Crippen MR) is 136 cm³/mol. The standard InChI is InChI=1S/C27H29F3N6O/c1-3-4-20(27(28,29)30)14-22(26(37)34-21-9-10-21)16(2)33-15-17-5-7-18(8-6-17)19-11-12-32-25-23(13-19)24(31)35-36-25/h3,5-8,11-14,19,21,33H,1,4,9-10,15H2,2H3,(H2,31,35)(H,32,36)(H,34,37)/b20-14+,22-16-. The van der Waals surface area contributed by atoms with Gasteiger partial charge >= 0.3 is 6.18 Å². The largest absolute Gasteiger partial charge is 0.413 e. The molecule has 1 atom stereocenters. The van der Waals surface area contributed by atoms with Crippen LogP contribution in [0, 0.1) is 0 Å². The molecule has 2 aliphatic rings. The topological polar surface area (TPSA) is 108 Å². The van der Waals surface area contributed by atoms with Crippen molar-refractivity contribution < 1.29 is 18.0 Å². The van der Waals surface area contributed by atoms with Crippen molar-refractivity contribution in [2.75, 3.05) is 5.73 Å². The third-order valence-electron chi connectivity index (χ3n) is 6.19. The highest BCUT2D eigenvalue weighted by molar-refractivity contribution is 5.97. The molecule has 0 spiro atoms. The van der Waals surface area contributed by atoms with E-state index in [1.54, 1.807) is 13.1 Å². The second-order valence-electron chi connectivity index (χ2n) is 9.08. The van der Waals surface area contributed by atoms with E-state index in [9.17, 15) is 18.0 Å². The quantitative estimate of drug-likeness (QED) is 0.236. The zero-order chi connectivity index (χ0) is 26.6. The number of nitrogens with two attached hydrogens (primary N) is 1. The Morgan fingerprint density at radius 2 is 2.00 bits per heavy atom. The third-order valence-corrected chi connectivity index (χ3v) is 6.19.